The highest BCUT2D eigenvalue weighted by Crippen LogP contribution is 2.28. The van der Waals surface area contributed by atoms with Crippen LogP contribution >= 0.6 is 0 Å². The number of ether oxygens (including phenoxy) is 1. The second kappa shape index (κ2) is 3.75. The first-order valence-electron chi connectivity index (χ1n) is 5.17. The average molecular weight is 169 g/mol. The first-order valence-corrected chi connectivity index (χ1v) is 5.17. The van der Waals surface area contributed by atoms with Crippen molar-refractivity contribution in [2.75, 3.05) is 19.8 Å². The van der Waals surface area contributed by atoms with Crippen LogP contribution in [0.4, 0.5) is 0 Å². The molecule has 2 aliphatic rings. The van der Waals surface area contributed by atoms with Gasteiger partial charge < -0.3 is 10.1 Å². The van der Waals surface area contributed by atoms with Crippen LogP contribution in [0, 0.1) is 11.8 Å². The molecule has 2 saturated heterocycles. The maximum Gasteiger partial charge on any atom is 0.0498 e. The molecule has 2 nitrogen and oxygen atoms in total. The second-order valence-electron chi connectivity index (χ2n) is 4.27. The fourth-order valence-electron chi connectivity index (χ4n) is 2.35. The van der Waals surface area contributed by atoms with E-state index in [1.54, 1.807) is 0 Å². The SMILES string of the molecule is CC1CCC(C2CCOC2)CN1. The van der Waals surface area contributed by atoms with Crippen molar-refractivity contribution in [1.29, 1.82) is 0 Å². The molecule has 2 heteroatoms. The van der Waals surface area contributed by atoms with Crippen LogP contribution in [0.1, 0.15) is 26.2 Å². The summed E-state index contributed by atoms with van der Waals surface area (Å²) < 4.78 is 5.41. The van der Waals surface area contributed by atoms with Crippen molar-refractivity contribution in [1.82, 2.24) is 5.32 Å². The topological polar surface area (TPSA) is 21.3 Å². The summed E-state index contributed by atoms with van der Waals surface area (Å²) in [5.74, 6) is 1.74. The average Bonchev–Trinajstić information content (AvgIpc) is 2.58. The van der Waals surface area contributed by atoms with Crippen LogP contribution in [0.5, 0.6) is 0 Å². The summed E-state index contributed by atoms with van der Waals surface area (Å²) in [4.78, 5) is 0. The normalized spacial score (nSPS) is 43.2. The summed E-state index contributed by atoms with van der Waals surface area (Å²) in [6, 6.07) is 0.739. The van der Waals surface area contributed by atoms with Gasteiger partial charge in [0.25, 0.3) is 0 Å². The molecule has 0 spiro atoms. The molecule has 2 aliphatic heterocycles. The van der Waals surface area contributed by atoms with Gasteiger partial charge in [0.1, 0.15) is 0 Å². The standard InChI is InChI=1S/C10H19NO/c1-8-2-3-9(6-11-8)10-4-5-12-7-10/h8-11H,2-7H2,1H3. The Labute approximate surface area is 74.7 Å². The third-order valence-electron chi connectivity index (χ3n) is 3.33. The van der Waals surface area contributed by atoms with Gasteiger partial charge in [0.15, 0.2) is 0 Å². The first-order chi connectivity index (χ1) is 5.86. The minimum Gasteiger partial charge on any atom is -0.381 e. The van der Waals surface area contributed by atoms with Gasteiger partial charge in [-0.25, -0.2) is 0 Å². The van der Waals surface area contributed by atoms with E-state index in [9.17, 15) is 0 Å². The van der Waals surface area contributed by atoms with E-state index >= 15 is 0 Å². The van der Waals surface area contributed by atoms with Crippen LogP contribution in [0.3, 0.4) is 0 Å². The van der Waals surface area contributed by atoms with E-state index in [0.717, 1.165) is 31.1 Å². The molecule has 0 aliphatic carbocycles. The molecule has 2 heterocycles. The zero-order valence-electron chi connectivity index (χ0n) is 7.88. The molecule has 0 aromatic heterocycles. The molecule has 0 radical (unpaired) electrons. The predicted octanol–water partition coefficient (Wildman–Crippen LogP) is 1.41. The van der Waals surface area contributed by atoms with Crippen molar-refractivity contribution in [2.24, 2.45) is 11.8 Å². The van der Waals surface area contributed by atoms with Crippen LogP contribution in [-0.2, 0) is 4.74 Å². The van der Waals surface area contributed by atoms with Crippen LogP contribution in [-0.4, -0.2) is 25.8 Å². The van der Waals surface area contributed by atoms with Gasteiger partial charge >= 0.3 is 0 Å². The van der Waals surface area contributed by atoms with Gasteiger partial charge in [0.05, 0.1) is 0 Å². The van der Waals surface area contributed by atoms with E-state index in [0.29, 0.717) is 0 Å². The minimum absolute atomic E-state index is 0.739. The monoisotopic (exact) mass is 169 g/mol. The lowest BCUT2D eigenvalue weighted by atomic mass is 9.84. The highest BCUT2D eigenvalue weighted by atomic mass is 16.5. The van der Waals surface area contributed by atoms with Gasteiger partial charge in [-0.1, -0.05) is 0 Å². The molecule has 12 heavy (non-hydrogen) atoms. The zero-order chi connectivity index (χ0) is 8.39. The van der Waals surface area contributed by atoms with E-state index < -0.39 is 0 Å². The van der Waals surface area contributed by atoms with E-state index in [1.807, 2.05) is 0 Å². The van der Waals surface area contributed by atoms with Crippen molar-refractivity contribution in [3.63, 3.8) is 0 Å². The van der Waals surface area contributed by atoms with E-state index in [-0.39, 0.29) is 0 Å². The van der Waals surface area contributed by atoms with Gasteiger partial charge in [-0.2, -0.15) is 0 Å². The molecule has 1 N–H and O–H groups in total. The van der Waals surface area contributed by atoms with Crippen molar-refractivity contribution in [3.05, 3.63) is 0 Å². The van der Waals surface area contributed by atoms with E-state index in [4.69, 9.17) is 4.74 Å². The third-order valence-corrected chi connectivity index (χ3v) is 3.33. The van der Waals surface area contributed by atoms with Crippen molar-refractivity contribution in [3.8, 4) is 0 Å². The maximum atomic E-state index is 5.41. The van der Waals surface area contributed by atoms with Crippen LogP contribution < -0.4 is 5.32 Å². The van der Waals surface area contributed by atoms with Gasteiger partial charge in [0, 0.05) is 19.3 Å². The van der Waals surface area contributed by atoms with Crippen molar-refractivity contribution < 1.29 is 4.74 Å². The number of piperidine rings is 1. The number of rotatable bonds is 1. The predicted molar refractivity (Wildman–Crippen MR) is 49.1 cm³/mol. The highest BCUT2D eigenvalue weighted by Gasteiger charge is 2.28. The second-order valence-corrected chi connectivity index (χ2v) is 4.27. The Morgan fingerprint density at radius 2 is 2.08 bits per heavy atom. The minimum atomic E-state index is 0.739. The Balaban J connectivity index is 1.80. The molecule has 0 aromatic carbocycles. The number of nitrogens with one attached hydrogen (secondary N) is 1. The van der Waals surface area contributed by atoms with E-state index in [2.05, 4.69) is 12.2 Å². The summed E-state index contributed by atoms with van der Waals surface area (Å²) in [6.45, 7) is 5.51. The molecule has 2 rings (SSSR count). The lowest BCUT2D eigenvalue weighted by Crippen LogP contribution is -2.39. The Morgan fingerprint density at radius 3 is 2.67 bits per heavy atom. The molecule has 2 fully saturated rings. The summed E-state index contributed by atoms with van der Waals surface area (Å²) in [5.41, 5.74) is 0. The van der Waals surface area contributed by atoms with Crippen LogP contribution in [0.2, 0.25) is 0 Å². The fraction of sp³-hybridized carbons (Fsp3) is 1.00. The van der Waals surface area contributed by atoms with E-state index in [1.165, 1.54) is 25.8 Å². The summed E-state index contributed by atoms with van der Waals surface area (Å²) in [5, 5.41) is 3.55. The Bertz CT molecular complexity index is 135. The maximum absolute atomic E-state index is 5.41. The molecular formula is C10H19NO. The Kier molecular flexibility index (Phi) is 2.66. The van der Waals surface area contributed by atoms with Gasteiger partial charge in [-0.05, 0) is 44.6 Å². The van der Waals surface area contributed by atoms with Gasteiger partial charge in [-0.15, -0.1) is 0 Å². The van der Waals surface area contributed by atoms with Gasteiger partial charge in [0.2, 0.25) is 0 Å². The smallest absolute Gasteiger partial charge is 0.0498 e. The zero-order valence-corrected chi connectivity index (χ0v) is 7.88. The molecule has 0 saturated carbocycles. The molecule has 3 unspecified atom stereocenters. The Morgan fingerprint density at radius 1 is 1.17 bits per heavy atom. The molecule has 3 atom stereocenters. The van der Waals surface area contributed by atoms with Crippen molar-refractivity contribution >= 4 is 0 Å². The molecular weight excluding hydrogens is 150 g/mol. The molecule has 0 bridgehead atoms. The van der Waals surface area contributed by atoms with Crippen molar-refractivity contribution in [2.45, 2.75) is 32.2 Å². The number of hydrogen-bond acceptors (Lipinski definition) is 2. The summed E-state index contributed by atoms with van der Waals surface area (Å²) >= 11 is 0. The lowest BCUT2D eigenvalue weighted by molar-refractivity contribution is 0.159. The lowest BCUT2D eigenvalue weighted by Gasteiger charge is -2.30. The Hall–Kier alpha value is -0.0800. The van der Waals surface area contributed by atoms with Crippen LogP contribution in [0.25, 0.3) is 0 Å². The fourth-order valence-corrected chi connectivity index (χ4v) is 2.35. The quantitative estimate of drug-likeness (QED) is 0.641. The number of hydrogen-bond donors (Lipinski definition) is 1. The third kappa shape index (κ3) is 1.80. The molecule has 0 amide bonds. The summed E-state index contributed by atoms with van der Waals surface area (Å²) in [7, 11) is 0. The van der Waals surface area contributed by atoms with Crippen LogP contribution in [0.15, 0.2) is 0 Å². The van der Waals surface area contributed by atoms with Gasteiger partial charge in [-0.3, -0.25) is 0 Å². The molecule has 0 aromatic rings. The molecule has 70 valence electrons. The highest BCUT2D eigenvalue weighted by molar-refractivity contribution is 4.81. The largest absolute Gasteiger partial charge is 0.381 e. The summed E-state index contributed by atoms with van der Waals surface area (Å²) in [6.07, 6.45) is 4.05. The first kappa shape index (κ1) is 8.52.